The van der Waals surface area contributed by atoms with Gasteiger partial charge in [0.2, 0.25) is 11.8 Å². The van der Waals surface area contributed by atoms with Crippen molar-refractivity contribution in [2.45, 2.75) is 131 Å². The van der Waals surface area contributed by atoms with Crippen molar-refractivity contribution in [3.05, 3.63) is 0 Å². The van der Waals surface area contributed by atoms with Crippen LogP contribution in [0.15, 0.2) is 0 Å². The van der Waals surface area contributed by atoms with Crippen molar-refractivity contribution in [3.8, 4) is 0 Å². The highest BCUT2D eigenvalue weighted by Crippen LogP contribution is 2.55. The zero-order valence-corrected chi connectivity index (χ0v) is 25.3. The van der Waals surface area contributed by atoms with Crippen LogP contribution < -0.4 is 0 Å². The molecule has 36 heavy (non-hydrogen) atoms. The molecule has 0 fully saturated rings. The summed E-state index contributed by atoms with van der Waals surface area (Å²) in [7, 11) is -3.85. The van der Waals surface area contributed by atoms with Crippen LogP contribution in [0.5, 0.6) is 0 Å². The van der Waals surface area contributed by atoms with Gasteiger partial charge in [0.1, 0.15) is 5.66 Å². The molecule has 0 aliphatic heterocycles. The maximum absolute atomic E-state index is 14.3. The Morgan fingerprint density at radius 3 is 1.33 bits per heavy atom. The minimum Gasteiger partial charge on any atom is -0.343 e. The third-order valence-corrected chi connectivity index (χ3v) is 8.62. The van der Waals surface area contributed by atoms with Crippen LogP contribution >= 0.6 is 7.60 Å². The van der Waals surface area contributed by atoms with Crippen LogP contribution in [-0.2, 0) is 23.2 Å². The molecule has 0 heterocycles. The molecule has 0 spiro atoms. The number of amides is 2. The Hall–Kier alpha value is -0.910. The highest BCUT2D eigenvalue weighted by molar-refractivity contribution is 7.55. The number of hydrogen-bond donors (Lipinski definition) is 0. The molecule has 0 aliphatic carbocycles. The van der Waals surface area contributed by atoms with Crippen molar-refractivity contribution in [3.63, 3.8) is 0 Å². The first-order chi connectivity index (χ1) is 17.3. The van der Waals surface area contributed by atoms with Gasteiger partial charge in [-0.3, -0.25) is 14.2 Å². The molecule has 2 amide bonds. The van der Waals surface area contributed by atoms with Crippen LogP contribution in [0.2, 0.25) is 0 Å². The molecule has 0 radical (unpaired) electrons. The van der Waals surface area contributed by atoms with Crippen molar-refractivity contribution in [1.82, 2.24) is 9.80 Å². The predicted molar refractivity (Wildman–Crippen MR) is 151 cm³/mol. The van der Waals surface area contributed by atoms with E-state index in [1.54, 1.807) is 4.90 Å². The zero-order valence-electron chi connectivity index (χ0n) is 24.4. The van der Waals surface area contributed by atoms with E-state index in [0.29, 0.717) is 26.2 Å². The average molecular weight is 533 g/mol. The molecule has 0 aromatic heterocycles. The van der Waals surface area contributed by atoms with Gasteiger partial charge in [-0.05, 0) is 38.5 Å². The standard InChI is InChI=1S/C28H57N2O5P/c1-7-13-19-29(20-14-8-2)27(31)25-26(28(32)30(21-15-9-3)22-16-10-4)36(33,34-23-17-11-5)35-24-18-12-6/h26H,7-25H2,1-6H3. The van der Waals surface area contributed by atoms with E-state index in [1.807, 2.05) is 18.7 Å². The maximum Gasteiger partial charge on any atom is 0.343 e. The van der Waals surface area contributed by atoms with Crippen LogP contribution in [0.4, 0.5) is 0 Å². The Kier molecular flexibility index (Phi) is 21.5. The Balaban J connectivity index is 6.18. The Labute approximate surface area is 222 Å². The van der Waals surface area contributed by atoms with Crippen LogP contribution in [0, 0.1) is 0 Å². The number of hydrogen-bond acceptors (Lipinski definition) is 5. The van der Waals surface area contributed by atoms with Crippen LogP contribution in [0.25, 0.3) is 0 Å². The lowest BCUT2D eigenvalue weighted by molar-refractivity contribution is -0.137. The van der Waals surface area contributed by atoms with Gasteiger partial charge >= 0.3 is 7.60 Å². The molecule has 0 saturated heterocycles. The van der Waals surface area contributed by atoms with E-state index in [9.17, 15) is 14.2 Å². The van der Waals surface area contributed by atoms with E-state index >= 15 is 0 Å². The molecule has 0 saturated carbocycles. The van der Waals surface area contributed by atoms with Crippen molar-refractivity contribution in [2.75, 3.05) is 39.4 Å². The van der Waals surface area contributed by atoms with E-state index in [-0.39, 0.29) is 31.4 Å². The maximum atomic E-state index is 14.3. The van der Waals surface area contributed by atoms with E-state index in [2.05, 4.69) is 27.7 Å². The Morgan fingerprint density at radius 2 is 0.972 bits per heavy atom. The molecule has 1 atom stereocenters. The van der Waals surface area contributed by atoms with Gasteiger partial charge in [-0.1, -0.05) is 80.1 Å². The van der Waals surface area contributed by atoms with Gasteiger partial charge in [0.25, 0.3) is 0 Å². The average Bonchev–Trinajstić information content (AvgIpc) is 2.87. The summed E-state index contributed by atoms with van der Waals surface area (Å²) in [5, 5.41) is 0. The molecule has 0 aromatic rings. The molecule has 0 aliphatic rings. The summed E-state index contributed by atoms with van der Waals surface area (Å²) in [6.45, 7) is 15.5. The first kappa shape index (κ1) is 35.1. The normalized spacial score (nSPS) is 12.5. The summed E-state index contributed by atoms with van der Waals surface area (Å²) in [5.41, 5.74) is -1.10. The Bertz CT molecular complexity index is 587. The zero-order chi connectivity index (χ0) is 27.2. The van der Waals surface area contributed by atoms with E-state index in [4.69, 9.17) is 9.05 Å². The summed E-state index contributed by atoms with van der Waals surface area (Å²) in [6, 6.07) is 0. The van der Waals surface area contributed by atoms with Gasteiger partial charge in [-0.25, -0.2) is 0 Å². The minimum atomic E-state index is -3.85. The summed E-state index contributed by atoms with van der Waals surface area (Å²) >= 11 is 0. The topological polar surface area (TPSA) is 76.1 Å². The second kappa shape index (κ2) is 22.1. The highest BCUT2D eigenvalue weighted by Gasteiger charge is 2.45. The van der Waals surface area contributed by atoms with Gasteiger partial charge in [0, 0.05) is 32.6 Å². The number of carbonyl (C=O) groups excluding carboxylic acids is 2. The molecular weight excluding hydrogens is 475 g/mol. The fraction of sp³-hybridized carbons (Fsp3) is 0.929. The number of unbranched alkanes of at least 4 members (excludes halogenated alkanes) is 6. The molecule has 214 valence electrons. The van der Waals surface area contributed by atoms with E-state index < -0.39 is 13.3 Å². The summed E-state index contributed by atoms with van der Waals surface area (Å²) in [5.74, 6) is -0.382. The first-order valence-corrected chi connectivity index (χ1v) is 16.4. The van der Waals surface area contributed by atoms with Crippen LogP contribution in [0.1, 0.15) is 125 Å². The van der Waals surface area contributed by atoms with Gasteiger partial charge < -0.3 is 18.8 Å². The van der Waals surface area contributed by atoms with Gasteiger partial charge in [0.05, 0.1) is 13.2 Å². The predicted octanol–water partition coefficient (Wildman–Crippen LogP) is 7.43. The van der Waals surface area contributed by atoms with Crippen LogP contribution in [0.3, 0.4) is 0 Å². The lowest BCUT2D eigenvalue weighted by Crippen LogP contribution is -2.44. The summed E-state index contributed by atoms with van der Waals surface area (Å²) < 4.78 is 26.1. The van der Waals surface area contributed by atoms with Gasteiger partial charge in [-0.15, -0.1) is 0 Å². The van der Waals surface area contributed by atoms with Crippen molar-refractivity contribution >= 4 is 19.4 Å². The molecule has 0 rings (SSSR count). The fourth-order valence-corrected chi connectivity index (χ4v) is 5.83. The number of carbonyl (C=O) groups is 2. The first-order valence-electron chi connectivity index (χ1n) is 14.8. The summed E-state index contributed by atoms with van der Waals surface area (Å²) in [4.78, 5) is 31.2. The molecule has 0 bridgehead atoms. The lowest BCUT2D eigenvalue weighted by Gasteiger charge is -2.32. The molecule has 7 nitrogen and oxygen atoms in total. The number of rotatable bonds is 24. The summed E-state index contributed by atoms with van der Waals surface area (Å²) in [6.07, 6.45) is 10.5. The van der Waals surface area contributed by atoms with Crippen molar-refractivity contribution in [1.29, 1.82) is 0 Å². The van der Waals surface area contributed by atoms with Crippen molar-refractivity contribution < 1.29 is 23.2 Å². The number of nitrogens with zero attached hydrogens (tertiary/aromatic N) is 2. The van der Waals surface area contributed by atoms with Crippen LogP contribution in [-0.4, -0.2) is 66.7 Å². The largest absolute Gasteiger partial charge is 0.343 e. The molecule has 0 aromatic carbocycles. The second-order valence-electron chi connectivity index (χ2n) is 9.75. The smallest absolute Gasteiger partial charge is 0.343 e. The molecule has 8 heteroatoms. The van der Waals surface area contributed by atoms with E-state index in [1.165, 1.54) is 0 Å². The van der Waals surface area contributed by atoms with Gasteiger partial charge in [0.15, 0.2) is 0 Å². The van der Waals surface area contributed by atoms with Crippen molar-refractivity contribution in [2.24, 2.45) is 0 Å². The quantitative estimate of drug-likeness (QED) is 0.0954. The third-order valence-electron chi connectivity index (χ3n) is 6.36. The third kappa shape index (κ3) is 14.1. The SMILES string of the molecule is CCCCOP(=O)(OCCCC)C(CC(=O)N(CCCC)CCCC)C(=O)N(CCCC)CCCC. The lowest BCUT2D eigenvalue weighted by atomic mass is 10.2. The Morgan fingerprint density at radius 1 is 0.611 bits per heavy atom. The minimum absolute atomic E-state index is 0.125. The highest BCUT2D eigenvalue weighted by atomic mass is 31.2. The van der Waals surface area contributed by atoms with E-state index in [0.717, 1.165) is 77.0 Å². The molecular formula is C28H57N2O5P. The molecule has 0 N–H and O–H groups in total. The fourth-order valence-electron chi connectivity index (χ4n) is 3.82. The van der Waals surface area contributed by atoms with Gasteiger partial charge in [-0.2, -0.15) is 0 Å². The second-order valence-corrected chi connectivity index (χ2v) is 12.0. The monoisotopic (exact) mass is 532 g/mol. The molecule has 1 unspecified atom stereocenters.